The molecule has 84 valence electrons. The number of benzene rings is 1. The van der Waals surface area contributed by atoms with Crippen LogP contribution in [0.3, 0.4) is 0 Å². The van der Waals surface area contributed by atoms with Gasteiger partial charge in [0.05, 0.1) is 12.8 Å². The monoisotopic (exact) mass is 219 g/mol. The summed E-state index contributed by atoms with van der Waals surface area (Å²) in [6.07, 6.45) is 1.99. The average molecular weight is 219 g/mol. The van der Waals surface area contributed by atoms with Gasteiger partial charge in [-0.2, -0.15) is 0 Å². The van der Waals surface area contributed by atoms with Crippen LogP contribution < -0.4 is 10.5 Å². The third-order valence-corrected chi connectivity index (χ3v) is 2.10. The van der Waals surface area contributed by atoms with Gasteiger partial charge in [0.1, 0.15) is 11.6 Å². The molecule has 1 heterocycles. The summed E-state index contributed by atoms with van der Waals surface area (Å²) < 4.78 is 5.48. The van der Waals surface area contributed by atoms with Crippen molar-refractivity contribution in [3.8, 4) is 11.6 Å². The Balaban J connectivity index is 1.82. The molecule has 1 aromatic carbocycles. The summed E-state index contributed by atoms with van der Waals surface area (Å²) in [6, 6.07) is 7.20. The van der Waals surface area contributed by atoms with Gasteiger partial charge >= 0.3 is 0 Å². The Morgan fingerprint density at radius 3 is 2.69 bits per heavy atom. The Bertz CT molecular complexity index is 451. The van der Waals surface area contributed by atoms with Gasteiger partial charge in [-0.25, -0.2) is 4.98 Å². The van der Waals surface area contributed by atoms with Crippen molar-refractivity contribution in [1.29, 1.82) is 0 Å². The standard InChI is InChI=1S/C11H13N3O2/c12-8-1-3-9(4-2-8)16-6-5-10-13-7-11(15)14-10/h1-4,7,15H,5-6,12H2,(H,13,14). The molecule has 5 nitrogen and oxygen atoms in total. The Hall–Kier alpha value is -2.17. The minimum atomic E-state index is 0.0717. The van der Waals surface area contributed by atoms with Crippen molar-refractivity contribution in [2.75, 3.05) is 12.3 Å². The summed E-state index contributed by atoms with van der Waals surface area (Å²) >= 11 is 0. The molecule has 0 spiro atoms. The number of hydrogen-bond donors (Lipinski definition) is 3. The van der Waals surface area contributed by atoms with E-state index in [1.54, 1.807) is 12.1 Å². The number of imidazole rings is 1. The van der Waals surface area contributed by atoms with Gasteiger partial charge in [0.25, 0.3) is 0 Å². The number of nitrogens with one attached hydrogen (secondary N) is 1. The Morgan fingerprint density at radius 2 is 2.06 bits per heavy atom. The van der Waals surface area contributed by atoms with Gasteiger partial charge in [0.15, 0.2) is 0 Å². The summed E-state index contributed by atoms with van der Waals surface area (Å²) in [7, 11) is 0. The number of ether oxygens (including phenoxy) is 1. The quantitative estimate of drug-likeness (QED) is 0.677. The zero-order valence-electron chi connectivity index (χ0n) is 8.68. The molecule has 0 aliphatic carbocycles. The van der Waals surface area contributed by atoms with E-state index in [1.165, 1.54) is 6.20 Å². The highest BCUT2D eigenvalue weighted by Crippen LogP contribution is 2.13. The first-order valence-corrected chi connectivity index (χ1v) is 4.95. The lowest BCUT2D eigenvalue weighted by Crippen LogP contribution is -2.02. The van der Waals surface area contributed by atoms with Crippen LogP contribution in [0.4, 0.5) is 5.69 Å². The molecule has 2 rings (SSSR count). The molecule has 0 unspecified atom stereocenters. The van der Waals surface area contributed by atoms with Crippen molar-refractivity contribution in [3.63, 3.8) is 0 Å². The fraction of sp³-hybridized carbons (Fsp3) is 0.182. The lowest BCUT2D eigenvalue weighted by atomic mass is 10.3. The van der Waals surface area contributed by atoms with Gasteiger partial charge in [-0.15, -0.1) is 0 Å². The molecule has 0 amide bonds. The minimum absolute atomic E-state index is 0.0717. The maximum absolute atomic E-state index is 9.03. The molecule has 0 aliphatic rings. The van der Waals surface area contributed by atoms with E-state index < -0.39 is 0 Å². The van der Waals surface area contributed by atoms with E-state index in [0.29, 0.717) is 24.5 Å². The summed E-state index contributed by atoms with van der Waals surface area (Å²) in [4.78, 5) is 6.67. The van der Waals surface area contributed by atoms with Crippen molar-refractivity contribution in [1.82, 2.24) is 9.97 Å². The molecule has 0 radical (unpaired) electrons. The van der Waals surface area contributed by atoms with E-state index in [0.717, 1.165) is 5.75 Å². The first-order valence-electron chi connectivity index (χ1n) is 4.95. The van der Waals surface area contributed by atoms with Crippen molar-refractivity contribution in [2.24, 2.45) is 0 Å². The maximum Gasteiger partial charge on any atom is 0.208 e. The third-order valence-electron chi connectivity index (χ3n) is 2.10. The van der Waals surface area contributed by atoms with Crippen LogP contribution in [0.2, 0.25) is 0 Å². The normalized spacial score (nSPS) is 10.2. The fourth-order valence-electron chi connectivity index (χ4n) is 1.31. The van der Waals surface area contributed by atoms with E-state index in [2.05, 4.69) is 9.97 Å². The highest BCUT2D eigenvalue weighted by atomic mass is 16.5. The summed E-state index contributed by atoms with van der Waals surface area (Å²) in [6.45, 7) is 0.497. The fourth-order valence-corrected chi connectivity index (χ4v) is 1.31. The first-order chi connectivity index (χ1) is 7.74. The highest BCUT2D eigenvalue weighted by molar-refractivity contribution is 5.41. The number of H-pyrrole nitrogens is 1. The minimum Gasteiger partial charge on any atom is -0.493 e. The lowest BCUT2D eigenvalue weighted by molar-refractivity contribution is 0.319. The first kappa shape index (κ1) is 10.4. The number of aromatic nitrogens is 2. The van der Waals surface area contributed by atoms with Crippen LogP contribution in [0.1, 0.15) is 5.82 Å². The van der Waals surface area contributed by atoms with E-state index in [9.17, 15) is 0 Å². The molecule has 1 aromatic heterocycles. The van der Waals surface area contributed by atoms with Crippen LogP contribution in [0.5, 0.6) is 11.6 Å². The van der Waals surface area contributed by atoms with E-state index >= 15 is 0 Å². The third kappa shape index (κ3) is 2.66. The van der Waals surface area contributed by atoms with Gasteiger partial charge in [0.2, 0.25) is 5.88 Å². The molecule has 16 heavy (non-hydrogen) atoms. The second-order valence-electron chi connectivity index (χ2n) is 3.38. The highest BCUT2D eigenvalue weighted by Gasteiger charge is 1.99. The van der Waals surface area contributed by atoms with E-state index in [4.69, 9.17) is 15.6 Å². The predicted molar refractivity (Wildman–Crippen MR) is 60.3 cm³/mol. The molecule has 2 aromatic rings. The van der Waals surface area contributed by atoms with Crippen LogP contribution in [0.25, 0.3) is 0 Å². The molecule has 0 bridgehead atoms. The smallest absolute Gasteiger partial charge is 0.208 e. The Kier molecular flexibility index (Phi) is 2.95. The van der Waals surface area contributed by atoms with Crippen LogP contribution >= 0.6 is 0 Å². The molecule has 0 atom stereocenters. The predicted octanol–water partition coefficient (Wildman–Crippen LogP) is 1.32. The van der Waals surface area contributed by atoms with Crippen LogP contribution in [0.15, 0.2) is 30.5 Å². The molecular formula is C11H13N3O2. The average Bonchev–Trinajstić information content (AvgIpc) is 2.67. The number of nitrogens with zero attached hydrogens (tertiary/aromatic N) is 1. The summed E-state index contributed by atoms with van der Waals surface area (Å²) in [5, 5.41) is 9.03. The van der Waals surface area contributed by atoms with Gasteiger partial charge in [-0.3, -0.25) is 0 Å². The molecule has 4 N–H and O–H groups in total. The number of hydrogen-bond acceptors (Lipinski definition) is 4. The molecule has 0 fully saturated rings. The zero-order chi connectivity index (χ0) is 11.4. The van der Waals surface area contributed by atoms with Gasteiger partial charge in [0, 0.05) is 12.1 Å². The number of anilines is 1. The van der Waals surface area contributed by atoms with Crippen LogP contribution in [-0.2, 0) is 6.42 Å². The number of rotatable bonds is 4. The second kappa shape index (κ2) is 4.57. The number of nitrogens with two attached hydrogens (primary N) is 1. The number of aromatic amines is 1. The molecule has 0 saturated carbocycles. The maximum atomic E-state index is 9.03. The molecule has 0 aliphatic heterocycles. The van der Waals surface area contributed by atoms with Crippen molar-refractivity contribution >= 4 is 5.69 Å². The van der Waals surface area contributed by atoms with Gasteiger partial charge in [-0.1, -0.05) is 0 Å². The zero-order valence-corrected chi connectivity index (χ0v) is 8.68. The SMILES string of the molecule is Nc1ccc(OCCc2ncc(O)[nH]2)cc1. The number of nitrogen functional groups attached to an aromatic ring is 1. The van der Waals surface area contributed by atoms with Gasteiger partial charge < -0.3 is 20.6 Å². The van der Waals surface area contributed by atoms with Crippen molar-refractivity contribution in [2.45, 2.75) is 6.42 Å². The van der Waals surface area contributed by atoms with Crippen molar-refractivity contribution < 1.29 is 9.84 Å². The molecule has 5 heteroatoms. The Labute approximate surface area is 92.9 Å². The summed E-state index contributed by atoms with van der Waals surface area (Å²) in [5.41, 5.74) is 6.26. The van der Waals surface area contributed by atoms with E-state index in [1.807, 2.05) is 12.1 Å². The molecular weight excluding hydrogens is 206 g/mol. The lowest BCUT2D eigenvalue weighted by Gasteiger charge is -2.04. The largest absolute Gasteiger partial charge is 0.493 e. The van der Waals surface area contributed by atoms with Crippen LogP contribution in [0, 0.1) is 0 Å². The number of aromatic hydroxyl groups is 1. The second-order valence-corrected chi connectivity index (χ2v) is 3.38. The summed E-state index contributed by atoms with van der Waals surface area (Å²) in [5.74, 6) is 1.54. The van der Waals surface area contributed by atoms with Gasteiger partial charge in [-0.05, 0) is 24.3 Å². The Morgan fingerprint density at radius 1 is 1.31 bits per heavy atom. The topological polar surface area (TPSA) is 84.2 Å². The molecule has 0 saturated heterocycles. The van der Waals surface area contributed by atoms with E-state index in [-0.39, 0.29) is 5.88 Å². The van der Waals surface area contributed by atoms with Crippen molar-refractivity contribution in [3.05, 3.63) is 36.3 Å². The van der Waals surface area contributed by atoms with Crippen LogP contribution in [-0.4, -0.2) is 21.7 Å².